The Bertz CT molecular complexity index is 439. The van der Waals surface area contributed by atoms with E-state index in [4.69, 9.17) is 10.5 Å². The monoisotopic (exact) mass is 263 g/mol. The number of nitrogens with two attached hydrogens (primary N) is 1. The number of hydrogen-bond donors (Lipinski definition) is 1. The summed E-state index contributed by atoms with van der Waals surface area (Å²) in [5.74, 6) is 0.187. The van der Waals surface area contributed by atoms with Crippen LogP contribution in [0.1, 0.15) is 26.7 Å². The van der Waals surface area contributed by atoms with Gasteiger partial charge in [0.25, 0.3) is 0 Å². The van der Waals surface area contributed by atoms with Crippen LogP contribution in [0.4, 0.5) is 0 Å². The van der Waals surface area contributed by atoms with Gasteiger partial charge in [-0.25, -0.2) is 0 Å². The second-order valence-electron chi connectivity index (χ2n) is 5.50. The van der Waals surface area contributed by atoms with Crippen LogP contribution >= 0.6 is 0 Å². The van der Waals surface area contributed by atoms with Crippen molar-refractivity contribution < 1.29 is 14.3 Å². The lowest BCUT2D eigenvalue weighted by Gasteiger charge is -2.18. The van der Waals surface area contributed by atoms with E-state index in [0.29, 0.717) is 6.54 Å². The van der Waals surface area contributed by atoms with Gasteiger partial charge in [-0.1, -0.05) is 19.1 Å². The van der Waals surface area contributed by atoms with Gasteiger partial charge in [0.05, 0.1) is 5.92 Å². The highest BCUT2D eigenvalue weighted by Gasteiger charge is 2.44. The highest BCUT2D eigenvalue weighted by molar-refractivity contribution is 5.87. The molecule has 0 unspecified atom stereocenters. The summed E-state index contributed by atoms with van der Waals surface area (Å²) in [6.07, 6.45) is 7.17. The van der Waals surface area contributed by atoms with Gasteiger partial charge in [0.1, 0.15) is 6.10 Å². The molecule has 0 bridgehead atoms. The van der Waals surface area contributed by atoms with E-state index in [0.717, 1.165) is 18.4 Å². The zero-order chi connectivity index (χ0) is 14.0. The summed E-state index contributed by atoms with van der Waals surface area (Å²) in [6, 6.07) is 0. The Morgan fingerprint density at radius 2 is 2.32 bits per heavy atom. The molecule has 4 heteroatoms. The molecule has 2 rings (SSSR count). The summed E-state index contributed by atoms with van der Waals surface area (Å²) in [7, 11) is 0. The zero-order valence-electron chi connectivity index (χ0n) is 11.5. The van der Waals surface area contributed by atoms with Crippen LogP contribution in [0, 0.1) is 17.8 Å². The van der Waals surface area contributed by atoms with Crippen molar-refractivity contribution in [2.75, 3.05) is 6.54 Å². The van der Waals surface area contributed by atoms with Crippen molar-refractivity contribution in [1.29, 1.82) is 0 Å². The Balaban J connectivity index is 2.16. The first-order valence-corrected chi connectivity index (χ1v) is 6.82. The Morgan fingerprint density at radius 3 is 2.95 bits per heavy atom. The predicted octanol–water partition coefficient (Wildman–Crippen LogP) is 1.60. The number of carbonyl (C=O) groups is 2. The number of fused-ring (bicyclic) bond motifs is 1. The van der Waals surface area contributed by atoms with E-state index in [1.54, 1.807) is 13.0 Å². The first-order valence-electron chi connectivity index (χ1n) is 6.82. The van der Waals surface area contributed by atoms with E-state index in [-0.39, 0.29) is 35.6 Å². The van der Waals surface area contributed by atoms with Crippen LogP contribution in [-0.4, -0.2) is 24.4 Å². The Kier molecular flexibility index (Phi) is 4.20. The van der Waals surface area contributed by atoms with E-state index in [1.165, 1.54) is 0 Å². The predicted molar refractivity (Wildman–Crippen MR) is 72.2 cm³/mol. The van der Waals surface area contributed by atoms with E-state index in [2.05, 4.69) is 13.0 Å². The normalized spacial score (nSPS) is 34.7. The maximum atomic E-state index is 11.7. The van der Waals surface area contributed by atoms with Gasteiger partial charge in [-0.15, -0.1) is 0 Å². The molecule has 1 aliphatic carbocycles. The van der Waals surface area contributed by atoms with Crippen molar-refractivity contribution in [2.45, 2.75) is 32.8 Å². The number of hydrogen-bond acceptors (Lipinski definition) is 4. The molecule has 0 aromatic heterocycles. The number of allylic oxidation sites excluding steroid dienone is 4. The molecule has 1 fully saturated rings. The number of ketones is 1. The van der Waals surface area contributed by atoms with Crippen molar-refractivity contribution in [3.05, 3.63) is 23.8 Å². The van der Waals surface area contributed by atoms with Crippen LogP contribution in [0.5, 0.6) is 0 Å². The van der Waals surface area contributed by atoms with Crippen molar-refractivity contribution in [3.8, 4) is 0 Å². The first kappa shape index (κ1) is 14.0. The molecule has 0 saturated carbocycles. The summed E-state index contributed by atoms with van der Waals surface area (Å²) in [5, 5.41) is 0. The van der Waals surface area contributed by atoms with Crippen molar-refractivity contribution in [2.24, 2.45) is 23.5 Å². The van der Waals surface area contributed by atoms with Gasteiger partial charge in [0.15, 0.2) is 5.78 Å². The lowest BCUT2D eigenvalue weighted by molar-refractivity contribution is -0.144. The zero-order valence-corrected chi connectivity index (χ0v) is 11.5. The van der Waals surface area contributed by atoms with Gasteiger partial charge in [0.2, 0.25) is 0 Å². The fourth-order valence-electron chi connectivity index (χ4n) is 2.97. The number of esters is 1. The third-order valence-electron chi connectivity index (χ3n) is 4.11. The topological polar surface area (TPSA) is 69.4 Å². The minimum atomic E-state index is -0.176. The highest BCUT2D eigenvalue weighted by Crippen LogP contribution is 2.39. The van der Waals surface area contributed by atoms with Gasteiger partial charge in [-0.05, 0) is 37.3 Å². The van der Waals surface area contributed by atoms with E-state index in [1.807, 2.05) is 6.08 Å². The van der Waals surface area contributed by atoms with Crippen LogP contribution < -0.4 is 5.73 Å². The third kappa shape index (κ3) is 2.95. The van der Waals surface area contributed by atoms with Crippen LogP contribution in [0.25, 0.3) is 0 Å². The van der Waals surface area contributed by atoms with Crippen molar-refractivity contribution in [3.63, 3.8) is 0 Å². The standard InChI is InChI=1S/C15H21NO3/c1-9-7-14-12(13(8-16)15(18)19-14)6-5-11(9)4-3-10(2)17/h3-5,9,12-14H,6-8,16H2,1-2H3/b4-3+/t9-,12+,13+,14+/m0/s1. The number of ether oxygens (including phenoxy) is 1. The Morgan fingerprint density at radius 1 is 1.58 bits per heavy atom. The number of rotatable bonds is 3. The number of carbonyl (C=O) groups excluding carboxylic acids is 2. The summed E-state index contributed by atoms with van der Waals surface area (Å²) in [6.45, 7) is 3.99. The van der Waals surface area contributed by atoms with Crippen molar-refractivity contribution in [1.82, 2.24) is 0 Å². The molecule has 0 aromatic carbocycles. The van der Waals surface area contributed by atoms with E-state index < -0.39 is 0 Å². The van der Waals surface area contributed by atoms with Crippen LogP contribution in [0.2, 0.25) is 0 Å². The lowest BCUT2D eigenvalue weighted by Crippen LogP contribution is -2.27. The molecular formula is C15H21NO3. The minimum absolute atomic E-state index is 0.0319. The fourth-order valence-corrected chi connectivity index (χ4v) is 2.97. The summed E-state index contributed by atoms with van der Waals surface area (Å²) in [5.41, 5.74) is 6.82. The molecule has 2 aliphatic rings. The Hall–Kier alpha value is -1.42. The Labute approximate surface area is 113 Å². The lowest BCUT2D eigenvalue weighted by atomic mass is 9.86. The molecule has 104 valence electrons. The molecule has 1 aliphatic heterocycles. The molecule has 0 aromatic rings. The molecular weight excluding hydrogens is 242 g/mol. The molecule has 2 N–H and O–H groups in total. The van der Waals surface area contributed by atoms with E-state index >= 15 is 0 Å². The quantitative estimate of drug-likeness (QED) is 0.620. The molecule has 0 spiro atoms. The molecule has 4 nitrogen and oxygen atoms in total. The van der Waals surface area contributed by atoms with Crippen LogP contribution in [0.3, 0.4) is 0 Å². The van der Waals surface area contributed by atoms with Gasteiger partial charge >= 0.3 is 5.97 Å². The molecule has 0 amide bonds. The highest BCUT2D eigenvalue weighted by atomic mass is 16.6. The fraction of sp³-hybridized carbons (Fsp3) is 0.600. The molecule has 4 atom stereocenters. The maximum Gasteiger partial charge on any atom is 0.310 e. The SMILES string of the molecule is CC(=O)/C=C/C1=CC[C@H]2[C@@H](C[C@@H]1C)OC(=O)[C@@H]2CN. The largest absolute Gasteiger partial charge is 0.462 e. The van der Waals surface area contributed by atoms with Gasteiger partial charge in [-0.2, -0.15) is 0 Å². The van der Waals surface area contributed by atoms with Gasteiger partial charge in [0, 0.05) is 12.5 Å². The van der Waals surface area contributed by atoms with E-state index in [9.17, 15) is 9.59 Å². The van der Waals surface area contributed by atoms with Crippen LogP contribution in [-0.2, 0) is 14.3 Å². The van der Waals surface area contributed by atoms with Crippen LogP contribution in [0.15, 0.2) is 23.8 Å². The first-order chi connectivity index (χ1) is 9.02. The van der Waals surface area contributed by atoms with Gasteiger partial charge in [-0.3, -0.25) is 9.59 Å². The summed E-state index contributed by atoms with van der Waals surface area (Å²) < 4.78 is 5.45. The van der Waals surface area contributed by atoms with Crippen molar-refractivity contribution >= 4 is 11.8 Å². The third-order valence-corrected chi connectivity index (χ3v) is 4.11. The molecule has 0 radical (unpaired) electrons. The summed E-state index contributed by atoms with van der Waals surface area (Å²) >= 11 is 0. The second-order valence-corrected chi connectivity index (χ2v) is 5.50. The minimum Gasteiger partial charge on any atom is -0.462 e. The second kappa shape index (κ2) is 5.70. The van der Waals surface area contributed by atoms with Gasteiger partial charge < -0.3 is 10.5 Å². The average molecular weight is 263 g/mol. The average Bonchev–Trinajstić information content (AvgIpc) is 2.55. The molecule has 1 saturated heterocycles. The molecule has 19 heavy (non-hydrogen) atoms. The molecule has 1 heterocycles. The maximum absolute atomic E-state index is 11.7. The smallest absolute Gasteiger partial charge is 0.310 e. The summed E-state index contributed by atoms with van der Waals surface area (Å²) in [4.78, 5) is 22.7.